The van der Waals surface area contributed by atoms with Crippen LogP contribution in [0.15, 0.2) is 30.3 Å². The van der Waals surface area contributed by atoms with Crippen molar-refractivity contribution < 1.29 is 19.4 Å². The van der Waals surface area contributed by atoms with Crippen molar-refractivity contribution in [3.05, 3.63) is 41.5 Å². The molecule has 1 unspecified atom stereocenters. The maximum absolute atomic E-state index is 12.1. The molecule has 20 heavy (non-hydrogen) atoms. The third-order valence-corrected chi connectivity index (χ3v) is 3.16. The first-order valence-electron chi connectivity index (χ1n) is 6.44. The summed E-state index contributed by atoms with van der Waals surface area (Å²) in [6, 6.07) is 6.83. The topological polar surface area (TPSA) is 66.8 Å². The van der Waals surface area contributed by atoms with Gasteiger partial charge in [0, 0.05) is 12.6 Å². The number of rotatable bonds is 3. The molecule has 1 aromatic rings. The van der Waals surface area contributed by atoms with Crippen LogP contribution in [-0.2, 0) is 14.3 Å². The zero-order valence-electron chi connectivity index (χ0n) is 11.3. The number of benzene rings is 1. The Morgan fingerprint density at radius 1 is 1.45 bits per heavy atom. The lowest BCUT2D eigenvalue weighted by atomic mass is 10.1. The van der Waals surface area contributed by atoms with Gasteiger partial charge in [0.05, 0.1) is 13.2 Å². The second-order valence-corrected chi connectivity index (χ2v) is 4.71. The standard InChI is InChI=1S/C15H17NO4/c1-11-3-2-4-12(9-11)5-6-14(17)16-7-8-20-10-13(16)15(18)19/h2-6,9,13H,7-8,10H2,1H3,(H,18,19). The summed E-state index contributed by atoms with van der Waals surface area (Å²) in [5.74, 6) is -1.34. The molecule has 106 valence electrons. The molecular formula is C15H17NO4. The Morgan fingerprint density at radius 3 is 2.95 bits per heavy atom. The van der Waals surface area contributed by atoms with E-state index in [1.54, 1.807) is 6.08 Å². The van der Waals surface area contributed by atoms with E-state index < -0.39 is 12.0 Å². The second kappa shape index (κ2) is 6.34. The molecule has 0 radical (unpaired) electrons. The van der Waals surface area contributed by atoms with E-state index in [1.807, 2.05) is 31.2 Å². The lowest BCUT2D eigenvalue weighted by molar-refractivity contribution is -0.156. The Hall–Kier alpha value is -2.14. The van der Waals surface area contributed by atoms with Crippen LogP contribution in [0, 0.1) is 6.92 Å². The molecule has 1 fully saturated rings. The molecule has 1 aliphatic rings. The predicted octanol–water partition coefficient (Wildman–Crippen LogP) is 1.32. The van der Waals surface area contributed by atoms with E-state index in [2.05, 4.69) is 0 Å². The van der Waals surface area contributed by atoms with E-state index in [4.69, 9.17) is 9.84 Å². The highest BCUT2D eigenvalue weighted by atomic mass is 16.5. The normalized spacial score (nSPS) is 19.2. The van der Waals surface area contributed by atoms with Gasteiger partial charge in [-0.2, -0.15) is 0 Å². The monoisotopic (exact) mass is 275 g/mol. The number of hydrogen-bond donors (Lipinski definition) is 1. The summed E-state index contributed by atoms with van der Waals surface area (Å²) in [7, 11) is 0. The van der Waals surface area contributed by atoms with Crippen molar-refractivity contribution in [3.63, 3.8) is 0 Å². The van der Waals surface area contributed by atoms with Crippen LogP contribution in [0.5, 0.6) is 0 Å². The summed E-state index contributed by atoms with van der Waals surface area (Å²) in [4.78, 5) is 24.5. The summed E-state index contributed by atoms with van der Waals surface area (Å²) >= 11 is 0. The maximum Gasteiger partial charge on any atom is 0.328 e. The first-order chi connectivity index (χ1) is 9.58. The first-order valence-corrected chi connectivity index (χ1v) is 6.44. The van der Waals surface area contributed by atoms with Gasteiger partial charge in [0.2, 0.25) is 5.91 Å². The van der Waals surface area contributed by atoms with E-state index in [0.717, 1.165) is 11.1 Å². The van der Waals surface area contributed by atoms with Gasteiger partial charge in [-0.05, 0) is 18.6 Å². The third-order valence-electron chi connectivity index (χ3n) is 3.16. The van der Waals surface area contributed by atoms with Crippen molar-refractivity contribution in [3.8, 4) is 0 Å². The number of carboxylic acid groups (broad SMARTS) is 1. The molecule has 0 aromatic heterocycles. The van der Waals surface area contributed by atoms with Crippen molar-refractivity contribution in [1.29, 1.82) is 0 Å². The molecule has 5 nitrogen and oxygen atoms in total. The second-order valence-electron chi connectivity index (χ2n) is 4.71. The van der Waals surface area contributed by atoms with E-state index in [9.17, 15) is 9.59 Å². The summed E-state index contributed by atoms with van der Waals surface area (Å²) in [5, 5.41) is 9.08. The summed E-state index contributed by atoms with van der Waals surface area (Å²) in [6.07, 6.45) is 3.11. The van der Waals surface area contributed by atoms with E-state index in [1.165, 1.54) is 11.0 Å². The van der Waals surface area contributed by atoms with Gasteiger partial charge in [0.25, 0.3) is 0 Å². The molecule has 1 amide bonds. The molecule has 5 heteroatoms. The molecule has 0 aliphatic carbocycles. The Kier molecular flexibility index (Phi) is 4.53. The number of amides is 1. The number of hydrogen-bond acceptors (Lipinski definition) is 3. The van der Waals surface area contributed by atoms with Crippen molar-refractivity contribution in [2.75, 3.05) is 19.8 Å². The van der Waals surface area contributed by atoms with E-state index in [-0.39, 0.29) is 12.5 Å². The molecule has 1 atom stereocenters. The molecule has 0 bridgehead atoms. The number of ether oxygens (including phenoxy) is 1. The van der Waals surface area contributed by atoms with Gasteiger partial charge in [-0.3, -0.25) is 4.79 Å². The maximum atomic E-state index is 12.1. The van der Waals surface area contributed by atoms with Crippen LogP contribution in [0.4, 0.5) is 0 Å². The lowest BCUT2D eigenvalue weighted by Crippen LogP contribution is -2.52. The van der Waals surface area contributed by atoms with Crippen molar-refractivity contribution in [2.45, 2.75) is 13.0 Å². The van der Waals surface area contributed by atoms with Crippen LogP contribution in [-0.4, -0.2) is 47.7 Å². The summed E-state index contributed by atoms with van der Waals surface area (Å²) in [6.45, 7) is 2.68. The summed E-state index contributed by atoms with van der Waals surface area (Å²) in [5.41, 5.74) is 2.02. The Bertz CT molecular complexity index is 538. The summed E-state index contributed by atoms with van der Waals surface area (Å²) < 4.78 is 5.10. The zero-order valence-corrected chi connectivity index (χ0v) is 11.3. The Morgan fingerprint density at radius 2 is 2.25 bits per heavy atom. The largest absolute Gasteiger partial charge is 0.480 e. The molecule has 1 aliphatic heterocycles. The van der Waals surface area contributed by atoms with Gasteiger partial charge in [-0.15, -0.1) is 0 Å². The van der Waals surface area contributed by atoms with Gasteiger partial charge >= 0.3 is 5.97 Å². The SMILES string of the molecule is Cc1cccc(C=CC(=O)N2CCOCC2C(=O)O)c1. The van der Waals surface area contributed by atoms with E-state index in [0.29, 0.717) is 13.2 Å². The fourth-order valence-corrected chi connectivity index (χ4v) is 2.11. The number of carbonyl (C=O) groups excluding carboxylic acids is 1. The fraction of sp³-hybridized carbons (Fsp3) is 0.333. The molecule has 1 saturated heterocycles. The molecule has 1 heterocycles. The van der Waals surface area contributed by atoms with Crippen molar-refractivity contribution >= 4 is 18.0 Å². The molecule has 1 N–H and O–H groups in total. The quantitative estimate of drug-likeness (QED) is 0.845. The van der Waals surface area contributed by atoms with Gasteiger partial charge in [-0.25, -0.2) is 4.79 Å². The van der Waals surface area contributed by atoms with Crippen molar-refractivity contribution in [2.24, 2.45) is 0 Å². The van der Waals surface area contributed by atoms with Gasteiger partial charge in [0.1, 0.15) is 0 Å². The molecule has 0 spiro atoms. The van der Waals surface area contributed by atoms with Gasteiger partial charge in [0.15, 0.2) is 6.04 Å². The van der Waals surface area contributed by atoms with E-state index >= 15 is 0 Å². The fourth-order valence-electron chi connectivity index (χ4n) is 2.11. The number of carboxylic acids is 1. The molecule has 1 aromatic carbocycles. The van der Waals surface area contributed by atoms with Crippen molar-refractivity contribution in [1.82, 2.24) is 4.90 Å². The van der Waals surface area contributed by atoms with Gasteiger partial charge < -0.3 is 14.7 Å². The average Bonchev–Trinajstić information content (AvgIpc) is 2.45. The highest BCUT2D eigenvalue weighted by Crippen LogP contribution is 2.10. The average molecular weight is 275 g/mol. The highest BCUT2D eigenvalue weighted by Gasteiger charge is 2.31. The lowest BCUT2D eigenvalue weighted by Gasteiger charge is -2.31. The Balaban J connectivity index is 2.08. The zero-order chi connectivity index (χ0) is 14.5. The molecular weight excluding hydrogens is 258 g/mol. The van der Waals surface area contributed by atoms with Crippen LogP contribution in [0.3, 0.4) is 0 Å². The van der Waals surface area contributed by atoms with Crippen LogP contribution in [0.25, 0.3) is 6.08 Å². The molecule has 0 saturated carbocycles. The Labute approximate surface area is 117 Å². The van der Waals surface area contributed by atoms with Crippen LogP contribution < -0.4 is 0 Å². The molecule has 2 rings (SSSR count). The smallest absolute Gasteiger partial charge is 0.328 e. The number of morpholine rings is 1. The van der Waals surface area contributed by atoms with Gasteiger partial charge in [-0.1, -0.05) is 29.8 Å². The highest BCUT2D eigenvalue weighted by molar-refractivity contribution is 5.94. The first kappa shape index (κ1) is 14.3. The third kappa shape index (κ3) is 3.45. The van der Waals surface area contributed by atoms with Crippen LogP contribution >= 0.6 is 0 Å². The van der Waals surface area contributed by atoms with Crippen LogP contribution in [0.1, 0.15) is 11.1 Å². The minimum absolute atomic E-state index is 0.0410. The van der Waals surface area contributed by atoms with Crippen LogP contribution in [0.2, 0.25) is 0 Å². The number of nitrogens with zero attached hydrogens (tertiary/aromatic N) is 1. The number of aliphatic carboxylic acids is 1. The number of carbonyl (C=O) groups is 2. The predicted molar refractivity (Wildman–Crippen MR) is 74.2 cm³/mol. The minimum Gasteiger partial charge on any atom is -0.480 e. The number of aryl methyl sites for hydroxylation is 1. The minimum atomic E-state index is -1.04.